The zero-order chi connectivity index (χ0) is 23.2. The molecule has 2 aromatic carbocycles. The maximum atomic E-state index is 12.8. The molecule has 1 atom stereocenters. The van der Waals surface area contributed by atoms with Crippen molar-refractivity contribution < 1.29 is 14.3 Å². The molecule has 2 aromatic heterocycles. The SMILES string of the molecule is CCn1cc([C@H](CNC(=O)Nc2ccc(OC)cc2OC)c2cccnc2)c2ccccc21. The first-order chi connectivity index (χ1) is 16.1. The second-order valence-electron chi connectivity index (χ2n) is 7.63. The maximum absolute atomic E-state index is 12.8. The minimum absolute atomic E-state index is 0.0556. The number of carbonyl (C=O) groups excluding carboxylic acids is 1. The Morgan fingerprint density at radius 1 is 1.09 bits per heavy atom. The van der Waals surface area contributed by atoms with Crippen LogP contribution in [0.15, 0.2) is 73.2 Å². The van der Waals surface area contributed by atoms with E-state index >= 15 is 0 Å². The summed E-state index contributed by atoms with van der Waals surface area (Å²) in [4.78, 5) is 17.1. The molecule has 33 heavy (non-hydrogen) atoms. The number of ether oxygens (including phenoxy) is 2. The molecule has 2 N–H and O–H groups in total. The van der Waals surface area contributed by atoms with Gasteiger partial charge in [-0.3, -0.25) is 4.98 Å². The van der Waals surface area contributed by atoms with Crippen LogP contribution in [0.5, 0.6) is 11.5 Å². The van der Waals surface area contributed by atoms with Gasteiger partial charge in [0.2, 0.25) is 0 Å². The molecule has 2 heterocycles. The topological polar surface area (TPSA) is 77.4 Å². The van der Waals surface area contributed by atoms with Crippen LogP contribution < -0.4 is 20.1 Å². The lowest BCUT2D eigenvalue weighted by Crippen LogP contribution is -2.32. The number of aryl methyl sites for hydroxylation is 1. The van der Waals surface area contributed by atoms with Gasteiger partial charge in [-0.15, -0.1) is 0 Å². The van der Waals surface area contributed by atoms with Crippen LogP contribution in [0.4, 0.5) is 10.5 Å². The maximum Gasteiger partial charge on any atom is 0.319 e. The summed E-state index contributed by atoms with van der Waals surface area (Å²) in [6, 6.07) is 17.3. The molecule has 0 saturated carbocycles. The summed E-state index contributed by atoms with van der Waals surface area (Å²) in [5.74, 6) is 1.13. The molecule has 7 heteroatoms. The standard InChI is InChI=1S/C26H28N4O3/c1-4-30-17-22(20-9-5-6-10-24(20)30)21(18-8-7-13-27-15-18)16-28-26(31)29-23-12-11-19(32-2)14-25(23)33-3/h5-15,17,21H,4,16H2,1-3H3,(H2,28,29,31)/t21-/m1/s1. The van der Waals surface area contributed by atoms with Crippen molar-refractivity contribution in [2.75, 3.05) is 26.1 Å². The van der Waals surface area contributed by atoms with E-state index in [4.69, 9.17) is 9.47 Å². The van der Waals surface area contributed by atoms with E-state index < -0.39 is 0 Å². The Balaban J connectivity index is 1.59. The zero-order valence-electron chi connectivity index (χ0n) is 19.0. The summed E-state index contributed by atoms with van der Waals surface area (Å²) in [6.45, 7) is 3.41. The molecule has 0 aliphatic carbocycles. The second kappa shape index (κ2) is 10.1. The molecule has 0 saturated heterocycles. The van der Waals surface area contributed by atoms with Crippen molar-refractivity contribution in [3.8, 4) is 11.5 Å². The summed E-state index contributed by atoms with van der Waals surface area (Å²) in [7, 11) is 3.14. The number of methoxy groups -OCH3 is 2. The van der Waals surface area contributed by atoms with Crippen molar-refractivity contribution in [3.05, 3.63) is 84.3 Å². The van der Waals surface area contributed by atoms with Crippen LogP contribution in [0.3, 0.4) is 0 Å². The summed E-state index contributed by atoms with van der Waals surface area (Å²) in [5, 5.41) is 7.07. The highest BCUT2D eigenvalue weighted by atomic mass is 16.5. The normalized spacial score (nSPS) is 11.7. The van der Waals surface area contributed by atoms with Gasteiger partial charge >= 0.3 is 6.03 Å². The Hall–Kier alpha value is -4.00. The van der Waals surface area contributed by atoms with Crippen molar-refractivity contribution >= 4 is 22.6 Å². The lowest BCUT2D eigenvalue weighted by Gasteiger charge is -2.19. The number of carbonyl (C=O) groups is 1. The minimum Gasteiger partial charge on any atom is -0.497 e. The fraction of sp³-hybridized carbons (Fsp3) is 0.231. The number of rotatable bonds is 8. The fourth-order valence-corrected chi connectivity index (χ4v) is 4.07. The van der Waals surface area contributed by atoms with Gasteiger partial charge < -0.3 is 24.7 Å². The fourth-order valence-electron chi connectivity index (χ4n) is 4.07. The zero-order valence-corrected chi connectivity index (χ0v) is 19.0. The Bertz CT molecular complexity index is 1240. The third-order valence-electron chi connectivity index (χ3n) is 5.75. The van der Waals surface area contributed by atoms with Crippen LogP contribution in [0.2, 0.25) is 0 Å². The second-order valence-corrected chi connectivity index (χ2v) is 7.63. The molecule has 0 aliphatic heterocycles. The van der Waals surface area contributed by atoms with E-state index in [9.17, 15) is 4.79 Å². The number of pyridine rings is 1. The first kappa shape index (κ1) is 22.2. The van der Waals surface area contributed by atoms with E-state index in [1.54, 1.807) is 38.6 Å². The summed E-state index contributed by atoms with van der Waals surface area (Å²) >= 11 is 0. The van der Waals surface area contributed by atoms with E-state index in [0.29, 0.717) is 23.7 Å². The van der Waals surface area contributed by atoms with Crippen molar-refractivity contribution in [2.45, 2.75) is 19.4 Å². The number of anilines is 1. The molecule has 0 bridgehead atoms. The molecular weight excluding hydrogens is 416 g/mol. The number of amides is 2. The predicted octanol–water partition coefficient (Wildman–Crippen LogP) is 5.03. The molecule has 4 aromatic rings. The van der Waals surface area contributed by atoms with Crippen LogP contribution >= 0.6 is 0 Å². The van der Waals surface area contributed by atoms with Crippen molar-refractivity contribution in [1.29, 1.82) is 0 Å². The first-order valence-corrected chi connectivity index (χ1v) is 10.9. The minimum atomic E-state index is -0.313. The lowest BCUT2D eigenvalue weighted by atomic mass is 9.92. The van der Waals surface area contributed by atoms with Gasteiger partial charge in [0.1, 0.15) is 11.5 Å². The smallest absolute Gasteiger partial charge is 0.319 e. The number of hydrogen-bond acceptors (Lipinski definition) is 4. The van der Waals surface area contributed by atoms with Crippen LogP contribution in [-0.4, -0.2) is 36.3 Å². The monoisotopic (exact) mass is 444 g/mol. The number of nitrogens with one attached hydrogen (secondary N) is 2. The number of benzene rings is 2. The lowest BCUT2D eigenvalue weighted by molar-refractivity contribution is 0.251. The van der Waals surface area contributed by atoms with E-state index in [2.05, 4.69) is 45.4 Å². The average molecular weight is 445 g/mol. The van der Waals surface area contributed by atoms with Gasteiger partial charge in [-0.2, -0.15) is 0 Å². The van der Waals surface area contributed by atoms with E-state index in [-0.39, 0.29) is 11.9 Å². The Labute approximate surface area is 193 Å². The summed E-state index contributed by atoms with van der Waals surface area (Å²) in [6.07, 6.45) is 5.79. The molecule has 0 radical (unpaired) electrons. The van der Waals surface area contributed by atoms with Gasteiger partial charge in [0.15, 0.2) is 0 Å². The van der Waals surface area contributed by atoms with E-state index in [1.165, 1.54) is 10.9 Å². The highest BCUT2D eigenvalue weighted by molar-refractivity contribution is 5.91. The number of para-hydroxylation sites is 1. The molecule has 170 valence electrons. The van der Waals surface area contributed by atoms with Crippen LogP contribution in [0.1, 0.15) is 24.0 Å². The average Bonchev–Trinajstić information content (AvgIpc) is 3.23. The van der Waals surface area contributed by atoms with Gasteiger partial charge in [-0.25, -0.2) is 4.79 Å². The highest BCUT2D eigenvalue weighted by Gasteiger charge is 2.21. The molecule has 0 spiro atoms. The third-order valence-corrected chi connectivity index (χ3v) is 5.75. The number of nitrogens with zero attached hydrogens (tertiary/aromatic N) is 2. The highest BCUT2D eigenvalue weighted by Crippen LogP contribution is 2.32. The van der Waals surface area contributed by atoms with Gasteiger partial charge in [-0.05, 0) is 42.3 Å². The Kier molecular flexibility index (Phi) is 6.78. The number of aromatic nitrogens is 2. The van der Waals surface area contributed by atoms with E-state index in [0.717, 1.165) is 17.7 Å². The molecule has 0 unspecified atom stereocenters. The summed E-state index contributed by atoms with van der Waals surface area (Å²) in [5.41, 5.74) is 3.94. The Morgan fingerprint density at radius 3 is 2.67 bits per heavy atom. The van der Waals surface area contributed by atoms with Gasteiger partial charge in [0, 0.05) is 54.6 Å². The summed E-state index contributed by atoms with van der Waals surface area (Å²) < 4.78 is 12.8. The van der Waals surface area contributed by atoms with Crippen molar-refractivity contribution in [1.82, 2.24) is 14.9 Å². The number of hydrogen-bond donors (Lipinski definition) is 2. The first-order valence-electron chi connectivity index (χ1n) is 10.9. The Morgan fingerprint density at radius 2 is 1.94 bits per heavy atom. The number of fused-ring (bicyclic) bond motifs is 1. The van der Waals surface area contributed by atoms with Crippen LogP contribution in [0, 0.1) is 0 Å². The molecule has 2 amide bonds. The molecule has 0 aliphatic rings. The van der Waals surface area contributed by atoms with Crippen LogP contribution in [0.25, 0.3) is 10.9 Å². The molecule has 0 fully saturated rings. The van der Waals surface area contributed by atoms with Crippen molar-refractivity contribution in [3.63, 3.8) is 0 Å². The van der Waals surface area contributed by atoms with Gasteiger partial charge in [0.05, 0.1) is 19.9 Å². The van der Waals surface area contributed by atoms with Crippen molar-refractivity contribution in [2.24, 2.45) is 0 Å². The quantitative estimate of drug-likeness (QED) is 0.400. The molecule has 4 rings (SSSR count). The largest absolute Gasteiger partial charge is 0.497 e. The van der Waals surface area contributed by atoms with Crippen LogP contribution in [-0.2, 0) is 6.54 Å². The van der Waals surface area contributed by atoms with E-state index in [1.807, 2.05) is 30.5 Å². The predicted molar refractivity (Wildman–Crippen MR) is 130 cm³/mol. The number of urea groups is 1. The van der Waals surface area contributed by atoms with Gasteiger partial charge in [-0.1, -0.05) is 24.3 Å². The van der Waals surface area contributed by atoms with Gasteiger partial charge in [0.25, 0.3) is 0 Å². The molecular formula is C26H28N4O3. The third kappa shape index (κ3) is 4.77. The molecule has 7 nitrogen and oxygen atoms in total.